The molecule has 0 saturated heterocycles. The van der Waals surface area contributed by atoms with Crippen LogP contribution in [-0.4, -0.2) is 5.11 Å². The van der Waals surface area contributed by atoms with Crippen molar-refractivity contribution >= 4 is 12.3 Å². The highest BCUT2D eigenvalue weighted by Crippen LogP contribution is 1.77. The standard InChI is InChI=1S/C9H10O/c1-7-5-3-4-6-9(7)8(2)10/h3-6,10H,1H2,2H3. The predicted molar refractivity (Wildman–Crippen MR) is 42.9 cm³/mol. The van der Waals surface area contributed by atoms with E-state index in [4.69, 9.17) is 5.11 Å². The Morgan fingerprint density at radius 3 is 2.40 bits per heavy atom. The van der Waals surface area contributed by atoms with Crippen LogP contribution in [0.3, 0.4) is 0 Å². The molecule has 0 unspecified atom stereocenters. The molecule has 0 bridgehead atoms. The Morgan fingerprint density at radius 2 is 2.00 bits per heavy atom. The van der Waals surface area contributed by atoms with Crippen molar-refractivity contribution in [1.82, 2.24) is 0 Å². The molecular weight excluding hydrogens is 124 g/mol. The van der Waals surface area contributed by atoms with Gasteiger partial charge in [0.05, 0.1) is 5.76 Å². The van der Waals surface area contributed by atoms with Gasteiger partial charge in [-0.2, -0.15) is 0 Å². The highest BCUT2D eigenvalue weighted by atomic mass is 16.3. The van der Waals surface area contributed by atoms with Crippen LogP contribution >= 0.6 is 0 Å². The second-order valence-electron chi connectivity index (χ2n) is 2.24. The SMILES string of the molecule is C=c1ccccc1=C(C)O. The van der Waals surface area contributed by atoms with E-state index in [1.165, 1.54) is 0 Å². The van der Waals surface area contributed by atoms with Crippen LogP contribution in [0.15, 0.2) is 24.3 Å². The quantitative estimate of drug-likeness (QED) is 0.556. The van der Waals surface area contributed by atoms with Crippen molar-refractivity contribution in [2.45, 2.75) is 6.92 Å². The van der Waals surface area contributed by atoms with Crippen LogP contribution < -0.4 is 10.4 Å². The molecule has 0 spiro atoms. The third-order valence-corrected chi connectivity index (χ3v) is 1.41. The van der Waals surface area contributed by atoms with Crippen molar-refractivity contribution in [3.63, 3.8) is 0 Å². The second kappa shape index (κ2) is 2.56. The van der Waals surface area contributed by atoms with Gasteiger partial charge in [-0.1, -0.05) is 30.8 Å². The maximum Gasteiger partial charge on any atom is 0.0969 e. The lowest BCUT2D eigenvalue weighted by Crippen LogP contribution is -2.23. The summed E-state index contributed by atoms with van der Waals surface area (Å²) in [6, 6.07) is 7.49. The van der Waals surface area contributed by atoms with Crippen molar-refractivity contribution in [2.24, 2.45) is 0 Å². The van der Waals surface area contributed by atoms with Crippen LogP contribution in [0.25, 0.3) is 12.3 Å². The van der Waals surface area contributed by atoms with E-state index in [-0.39, 0.29) is 0 Å². The number of aliphatic hydroxyl groups excluding tert-OH is 1. The first kappa shape index (κ1) is 6.87. The lowest BCUT2D eigenvalue weighted by atomic mass is 10.2. The lowest BCUT2D eigenvalue weighted by Gasteiger charge is -1.89. The predicted octanol–water partition coefficient (Wildman–Crippen LogP) is 0.783. The van der Waals surface area contributed by atoms with E-state index in [0.29, 0.717) is 5.76 Å². The minimum atomic E-state index is 0.325. The van der Waals surface area contributed by atoms with Crippen molar-refractivity contribution in [2.75, 3.05) is 0 Å². The normalized spacial score (nSPS) is 12.9. The maximum absolute atomic E-state index is 9.08. The van der Waals surface area contributed by atoms with Crippen molar-refractivity contribution < 1.29 is 5.11 Å². The Bertz CT molecular complexity index is 321. The van der Waals surface area contributed by atoms with E-state index in [2.05, 4.69) is 6.58 Å². The molecule has 0 heterocycles. The summed E-state index contributed by atoms with van der Waals surface area (Å²) in [7, 11) is 0. The molecule has 1 aromatic carbocycles. The summed E-state index contributed by atoms with van der Waals surface area (Å²) < 4.78 is 0. The van der Waals surface area contributed by atoms with E-state index >= 15 is 0 Å². The van der Waals surface area contributed by atoms with Gasteiger partial charge in [0.15, 0.2) is 0 Å². The van der Waals surface area contributed by atoms with Crippen LogP contribution in [-0.2, 0) is 0 Å². The van der Waals surface area contributed by atoms with Crippen LogP contribution in [0.2, 0.25) is 0 Å². The third-order valence-electron chi connectivity index (χ3n) is 1.41. The fraction of sp³-hybridized carbons (Fsp3) is 0.111. The first-order valence-electron chi connectivity index (χ1n) is 3.15. The van der Waals surface area contributed by atoms with Gasteiger partial charge in [0.2, 0.25) is 0 Å². The molecular formula is C9H10O. The van der Waals surface area contributed by atoms with Gasteiger partial charge in [0.25, 0.3) is 0 Å². The van der Waals surface area contributed by atoms with Gasteiger partial charge in [-0.05, 0) is 12.1 Å². The summed E-state index contributed by atoms with van der Waals surface area (Å²) in [5.74, 6) is 0.325. The summed E-state index contributed by atoms with van der Waals surface area (Å²) in [5.41, 5.74) is 0. The largest absolute Gasteiger partial charge is 0.512 e. The first-order chi connectivity index (χ1) is 4.72. The smallest absolute Gasteiger partial charge is 0.0969 e. The minimum absolute atomic E-state index is 0.325. The average Bonchev–Trinajstić information content (AvgIpc) is 1.88. The first-order valence-corrected chi connectivity index (χ1v) is 3.15. The molecule has 1 aromatic rings. The Hall–Kier alpha value is -1.24. The Morgan fingerprint density at radius 1 is 1.40 bits per heavy atom. The number of hydrogen-bond donors (Lipinski definition) is 1. The molecule has 0 aromatic heterocycles. The van der Waals surface area contributed by atoms with E-state index in [0.717, 1.165) is 10.4 Å². The van der Waals surface area contributed by atoms with E-state index in [9.17, 15) is 0 Å². The van der Waals surface area contributed by atoms with Crippen LogP contribution in [0.4, 0.5) is 0 Å². The van der Waals surface area contributed by atoms with Gasteiger partial charge in [-0.25, -0.2) is 0 Å². The minimum Gasteiger partial charge on any atom is -0.512 e. The van der Waals surface area contributed by atoms with E-state index < -0.39 is 0 Å². The highest BCUT2D eigenvalue weighted by Gasteiger charge is 1.83. The van der Waals surface area contributed by atoms with Crippen molar-refractivity contribution in [1.29, 1.82) is 0 Å². The topological polar surface area (TPSA) is 20.2 Å². The summed E-state index contributed by atoms with van der Waals surface area (Å²) in [6.07, 6.45) is 0. The Balaban J connectivity index is 3.60. The molecule has 0 atom stereocenters. The molecule has 0 radical (unpaired) electrons. The monoisotopic (exact) mass is 134 g/mol. The summed E-state index contributed by atoms with van der Waals surface area (Å²) in [4.78, 5) is 0. The zero-order chi connectivity index (χ0) is 7.56. The molecule has 0 saturated carbocycles. The van der Waals surface area contributed by atoms with Gasteiger partial charge >= 0.3 is 0 Å². The van der Waals surface area contributed by atoms with E-state index in [1.807, 2.05) is 24.3 Å². The molecule has 0 amide bonds. The van der Waals surface area contributed by atoms with Crippen LogP contribution in [0, 0.1) is 0 Å². The van der Waals surface area contributed by atoms with Gasteiger partial charge < -0.3 is 5.11 Å². The molecule has 1 nitrogen and oxygen atoms in total. The Labute approximate surface area is 59.9 Å². The maximum atomic E-state index is 9.08. The molecule has 0 aliphatic rings. The third kappa shape index (κ3) is 1.18. The lowest BCUT2D eigenvalue weighted by molar-refractivity contribution is 0.498. The van der Waals surface area contributed by atoms with Crippen molar-refractivity contribution in [3.05, 3.63) is 34.7 Å². The van der Waals surface area contributed by atoms with Gasteiger partial charge in [0.1, 0.15) is 0 Å². The van der Waals surface area contributed by atoms with Gasteiger partial charge in [0, 0.05) is 5.22 Å². The fourth-order valence-electron chi connectivity index (χ4n) is 0.873. The highest BCUT2D eigenvalue weighted by molar-refractivity contribution is 5.32. The number of benzene rings is 1. The summed E-state index contributed by atoms with van der Waals surface area (Å²) >= 11 is 0. The van der Waals surface area contributed by atoms with Crippen molar-refractivity contribution in [3.8, 4) is 0 Å². The molecule has 1 heteroatoms. The molecule has 10 heavy (non-hydrogen) atoms. The van der Waals surface area contributed by atoms with Gasteiger partial charge in [-0.15, -0.1) is 0 Å². The molecule has 0 aliphatic carbocycles. The number of rotatable bonds is 0. The zero-order valence-corrected chi connectivity index (χ0v) is 5.96. The molecule has 1 rings (SSSR count). The van der Waals surface area contributed by atoms with Crippen LogP contribution in [0.5, 0.6) is 0 Å². The molecule has 0 aliphatic heterocycles. The molecule has 52 valence electrons. The van der Waals surface area contributed by atoms with Gasteiger partial charge in [-0.3, -0.25) is 0 Å². The second-order valence-corrected chi connectivity index (χ2v) is 2.24. The molecule has 1 N–H and O–H groups in total. The Kier molecular flexibility index (Phi) is 1.76. The average molecular weight is 134 g/mol. The summed E-state index contributed by atoms with van der Waals surface area (Å²) in [6.45, 7) is 5.42. The zero-order valence-electron chi connectivity index (χ0n) is 5.96. The van der Waals surface area contributed by atoms with E-state index in [1.54, 1.807) is 6.92 Å². The fourth-order valence-corrected chi connectivity index (χ4v) is 0.873. The van der Waals surface area contributed by atoms with Crippen LogP contribution in [0.1, 0.15) is 6.92 Å². The summed E-state index contributed by atoms with van der Waals surface area (Å²) in [5, 5.41) is 10.8. The number of hydrogen-bond acceptors (Lipinski definition) is 1. The number of aliphatic hydroxyl groups is 1. The molecule has 0 fully saturated rings.